The molecule has 0 saturated heterocycles. The lowest BCUT2D eigenvalue weighted by Crippen LogP contribution is -1.97. The van der Waals surface area contributed by atoms with Gasteiger partial charge in [0.2, 0.25) is 0 Å². The average molecular weight is 601 g/mol. The molecule has 3 heterocycles. The van der Waals surface area contributed by atoms with Crippen LogP contribution in [0.1, 0.15) is 0 Å². The maximum atomic E-state index is 5.10. The number of para-hydroxylation sites is 3. The van der Waals surface area contributed by atoms with Crippen LogP contribution in [0, 0.1) is 0 Å². The van der Waals surface area contributed by atoms with Crippen molar-refractivity contribution >= 4 is 32.7 Å². The summed E-state index contributed by atoms with van der Waals surface area (Å²) >= 11 is 0. The third-order valence-corrected chi connectivity index (χ3v) is 8.86. The number of fused-ring (bicyclic) bond motifs is 4. The second kappa shape index (κ2) is 11.2. The normalized spacial score (nSPS) is 11.4. The Balaban J connectivity index is 1.12. The highest BCUT2D eigenvalue weighted by atomic mass is 15.0. The van der Waals surface area contributed by atoms with E-state index in [0.717, 1.165) is 55.8 Å². The fourth-order valence-electron chi connectivity index (χ4n) is 6.50. The number of nitrogens with zero attached hydrogens (tertiary/aromatic N) is 4. The summed E-state index contributed by atoms with van der Waals surface area (Å²) in [4.78, 5) is 14.8. The highest BCUT2D eigenvalue weighted by molar-refractivity contribution is 6.09. The Morgan fingerprint density at radius 1 is 0.404 bits per heavy atom. The van der Waals surface area contributed by atoms with Gasteiger partial charge >= 0.3 is 0 Å². The number of hydrogen-bond donors (Lipinski definition) is 0. The van der Waals surface area contributed by atoms with E-state index in [0.29, 0.717) is 5.82 Å². The first kappa shape index (κ1) is 27.0. The van der Waals surface area contributed by atoms with Crippen molar-refractivity contribution in [1.82, 2.24) is 19.5 Å². The van der Waals surface area contributed by atoms with E-state index < -0.39 is 0 Å². The van der Waals surface area contributed by atoms with Crippen molar-refractivity contribution in [2.45, 2.75) is 0 Å². The van der Waals surface area contributed by atoms with Gasteiger partial charge < -0.3 is 4.57 Å². The van der Waals surface area contributed by atoms with Gasteiger partial charge in [-0.3, -0.25) is 4.98 Å². The Morgan fingerprint density at radius 3 is 1.66 bits per heavy atom. The fraction of sp³-hybridized carbons (Fsp3) is 0. The molecule has 0 radical (unpaired) electrons. The van der Waals surface area contributed by atoms with Crippen LogP contribution < -0.4 is 0 Å². The quantitative estimate of drug-likeness (QED) is 0.197. The molecular weight excluding hydrogens is 573 g/mol. The van der Waals surface area contributed by atoms with Gasteiger partial charge in [-0.05, 0) is 48.0 Å². The monoisotopic (exact) mass is 600 g/mol. The number of hydrogen-bond acceptors (Lipinski definition) is 3. The van der Waals surface area contributed by atoms with Crippen molar-refractivity contribution in [1.29, 1.82) is 0 Å². The topological polar surface area (TPSA) is 43.6 Å². The Labute approximate surface area is 272 Å². The van der Waals surface area contributed by atoms with Crippen LogP contribution in [-0.2, 0) is 0 Å². The van der Waals surface area contributed by atoms with Gasteiger partial charge in [-0.2, -0.15) is 0 Å². The van der Waals surface area contributed by atoms with Crippen molar-refractivity contribution < 1.29 is 0 Å². The highest BCUT2D eigenvalue weighted by Crippen LogP contribution is 2.34. The van der Waals surface area contributed by atoms with Crippen LogP contribution in [0.4, 0.5) is 0 Å². The second-order valence-electron chi connectivity index (χ2n) is 11.7. The van der Waals surface area contributed by atoms with Gasteiger partial charge in [0.25, 0.3) is 0 Å². The lowest BCUT2D eigenvalue weighted by Gasteiger charge is -2.12. The Hall–Kier alpha value is -6.39. The molecule has 0 aliphatic carbocycles. The standard InChI is InChI=1S/C43H28N4/c1-2-10-30(11-3-1)39-27-40(31-22-24-35(25-23-31)47-41-16-8-5-13-36(41)37-14-6-9-17-42(37)47)46-43(45-39)32-20-18-29(19-21-32)34-26-33-12-4-7-15-38(33)44-28-34/h1-28H. The molecule has 0 N–H and O–H groups in total. The Bertz CT molecular complexity index is 2500. The summed E-state index contributed by atoms with van der Waals surface area (Å²) in [7, 11) is 0. The molecule has 4 heteroatoms. The molecule has 4 nitrogen and oxygen atoms in total. The predicted molar refractivity (Wildman–Crippen MR) is 193 cm³/mol. The molecule has 3 aromatic heterocycles. The molecule has 47 heavy (non-hydrogen) atoms. The predicted octanol–water partition coefficient (Wildman–Crippen LogP) is 10.8. The number of rotatable bonds is 5. The van der Waals surface area contributed by atoms with Crippen LogP contribution in [0.25, 0.3) is 83.4 Å². The molecule has 6 aromatic carbocycles. The van der Waals surface area contributed by atoms with E-state index in [1.807, 2.05) is 42.6 Å². The molecule has 0 amide bonds. The zero-order valence-electron chi connectivity index (χ0n) is 25.5. The molecule has 0 spiro atoms. The van der Waals surface area contributed by atoms with Gasteiger partial charge in [-0.25, -0.2) is 9.97 Å². The number of benzene rings is 6. The maximum Gasteiger partial charge on any atom is 0.160 e. The lowest BCUT2D eigenvalue weighted by molar-refractivity contribution is 1.17. The molecule has 0 saturated carbocycles. The summed E-state index contributed by atoms with van der Waals surface area (Å²) in [5.41, 5.74) is 11.5. The van der Waals surface area contributed by atoms with E-state index in [1.165, 1.54) is 21.8 Å². The van der Waals surface area contributed by atoms with E-state index >= 15 is 0 Å². The van der Waals surface area contributed by atoms with Crippen LogP contribution in [0.15, 0.2) is 170 Å². The molecule has 0 atom stereocenters. The molecule has 9 aromatic rings. The van der Waals surface area contributed by atoms with E-state index in [9.17, 15) is 0 Å². The van der Waals surface area contributed by atoms with Crippen molar-refractivity contribution in [2.24, 2.45) is 0 Å². The summed E-state index contributed by atoms with van der Waals surface area (Å²) < 4.78 is 2.34. The molecule has 0 aliphatic heterocycles. The first-order valence-electron chi connectivity index (χ1n) is 15.8. The lowest BCUT2D eigenvalue weighted by atomic mass is 10.0. The zero-order valence-corrected chi connectivity index (χ0v) is 25.5. The van der Waals surface area contributed by atoms with Gasteiger partial charge in [-0.15, -0.1) is 0 Å². The Kier molecular flexibility index (Phi) is 6.43. The third-order valence-electron chi connectivity index (χ3n) is 8.86. The number of pyridine rings is 1. The van der Waals surface area contributed by atoms with Crippen LogP contribution in [0.5, 0.6) is 0 Å². The smallest absolute Gasteiger partial charge is 0.160 e. The van der Waals surface area contributed by atoms with E-state index in [1.54, 1.807) is 0 Å². The van der Waals surface area contributed by atoms with Crippen molar-refractivity contribution in [3.63, 3.8) is 0 Å². The molecule has 0 aliphatic rings. The van der Waals surface area contributed by atoms with Crippen LogP contribution >= 0.6 is 0 Å². The minimum atomic E-state index is 0.691. The Morgan fingerprint density at radius 2 is 0.957 bits per heavy atom. The molecule has 0 fully saturated rings. The average Bonchev–Trinajstić information content (AvgIpc) is 3.49. The molecule has 0 bridgehead atoms. The van der Waals surface area contributed by atoms with Crippen LogP contribution in [0.2, 0.25) is 0 Å². The highest BCUT2D eigenvalue weighted by Gasteiger charge is 2.14. The van der Waals surface area contributed by atoms with Crippen molar-refractivity contribution in [3.05, 3.63) is 170 Å². The summed E-state index contributed by atoms with van der Waals surface area (Å²) in [6, 6.07) is 57.1. The minimum Gasteiger partial charge on any atom is -0.309 e. The van der Waals surface area contributed by atoms with Crippen molar-refractivity contribution in [2.75, 3.05) is 0 Å². The molecular formula is C43H28N4. The zero-order chi connectivity index (χ0) is 31.2. The molecule has 0 unspecified atom stereocenters. The van der Waals surface area contributed by atoms with Gasteiger partial charge in [0.15, 0.2) is 5.82 Å². The number of aromatic nitrogens is 4. The maximum absolute atomic E-state index is 5.10. The van der Waals surface area contributed by atoms with Crippen LogP contribution in [-0.4, -0.2) is 19.5 Å². The van der Waals surface area contributed by atoms with Gasteiger partial charge in [0.05, 0.1) is 27.9 Å². The van der Waals surface area contributed by atoms with Gasteiger partial charge in [0.1, 0.15) is 0 Å². The van der Waals surface area contributed by atoms with E-state index in [4.69, 9.17) is 9.97 Å². The third kappa shape index (κ3) is 4.84. The minimum absolute atomic E-state index is 0.691. The summed E-state index contributed by atoms with van der Waals surface area (Å²) in [6.45, 7) is 0. The summed E-state index contributed by atoms with van der Waals surface area (Å²) in [5, 5.41) is 3.63. The fourth-order valence-corrected chi connectivity index (χ4v) is 6.50. The first-order valence-corrected chi connectivity index (χ1v) is 15.8. The molecule has 9 rings (SSSR count). The summed E-state index contributed by atoms with van der Waals surface area (Å²) in [5.74, 6) is 0.691. The van der Waals surface area contributed by atoms with E-state index in [-0.39, 0.29) is 0 Å². The summed E-state index contributed by atoms with van der Waals surface area (Å²) in [6.07, 6.45) is 1.94. The van der Waals surface area contributed by atoms with Gasteiger partial charge in [0, 0.05) is 50.3 Å². The first-order chi connectivity index (χ1) is 23.3. The SMILES string of the molecule is c1ccc(-c2cc(-c3ccc(-n4c5ccccc5c5ccccc54)cc3)nc(-c3ccc(-c4cnc5ccccc5c4)cc3)n2)cc1. The second-order valence-corrected chi connectivity index (χ2v) is 11.7. The molecule has 220 valence electrons. The van der Waals surface area contributed by atoms with Crippen LogP contribution in [0.3, 0.4) is 0 Å². The van der Waals surface area contributed by atoms with Gasteiger partial charge in [-0.1, -0.05) is 121 Å². The van der Waals surface area contributed by atoms with E-state index in [2.05, 4.69) is 137 Å². The largest absolute Gasteiger partial charge is 0.309 e. The van der Waals surface area contributed by atoms with Crippen molar-refractivity contribution in [3.8, 4) is 50.7 Å².